The van der Waals surface area contributed by atoms with Crippen molar-refractivity contribution in [1.29, 1.82) is 0 Å². The van der Waals surface area contributed by atoms with Crippen LogP contribution >= 0.6 is 12.4 Å². The maximum atomic E-state index is 12.6. The normalized spacial score (nSPS) is 18.0. The molecule has 3 rings (SSSR count). The first-order valence-electron chi connectivity index (χ1n) is 8.80. The van der Waals surface area contributed by atoms with Crippen LogP contribution in [0.15, 0.2) is 18.2 Å². The summed E-state index contributed by atoms with van der Waals surface area (Å²) in [6.45, 7) is 3.68. The third-order valence-electron chi connectivity index (χ3n) is 5.07. The predicted octanol–water partition coefficient (Wildman–Crippen LogP) is 1.64. The number of carbonyl (C=O) groups is 2. The summed E-state index contributed by atoms with van der Waals surface area (Å²) in [6.07, 6.45) is 1.71. The van der Waals surface area contributed by atoms with Gasteiger partial charge in [0.2, 0.25) is 12.7 Å². The third-order valence-corrected chi connectivity index (χ3v) is 5.07. The Labute approximate surface area is 164 Å². The van der Waals surface area contributed by atoms with Crippen LogP contribution in [0.4, 0.5) is 5.69 Å². The lowest BCUT2D eigenvalue weighted by atomic mass is 10.0. The topological polar surface area (TPSA) is 91.3 Å². The van der Waals surface area contributed by atoms with Crippen molar-refractivity contribution in [2.24, 2.45) is 0 Å². The Hall–Kier alpha value is -2.03. The molecule has 9 heteroatoms. The molecule has 8 nitrogen and oxygen atoms in total. The average Bonchev–Trinajstić information content (AvgIpc) is 3.08. The minimum absolute atomic E-state index is 0. The van der Waals surface area contributed by atoms with Crippen molar-refractivity contribution in [2.45, 2.75) is 31.8 Å². The fraction of sp³-hybridized carbons (Fsp3) is 0.556. The zero-order valence-corrected chi connectivity index (χ0v) is 16.3. The molecule has 1 atom stereocenters. The molecule has 150 valence electrons. The van der Waals surface area contributed by atoms with E-state index in [1.54, 1.807) is 18.2 Å². The van der Waals surface area contributed by atoms with Crippen LogP contribution in [-0.2, 0) is 9.59 Å². The number of aliphatic carboxylic acids is 1. The zero-order chi connectivity index (χ0) is 18.7. The maximum absolute atomic E-state index is 12.6. The molecule has 1 fully saturated rings. The first-order valence-corrected chi connectivity index (χ1v) is 8.80. The summed E-state index contributed by atoms with van der Waals surface area (Å²) in [6, 6.07) is 5.33. The number of ether oxygens (including phenoxy) is 2. The monoisotopic (exact) mass is 399 g/mol. The minimum atomic E-state index is -0.814. The molecule has 1 aromatic carbocycles. The van der Waals surface area contributed by atoms with Crippen molar-refractivity contribution in [2.75, 3.05) is 38.8 Å². The summed E-state index contributed by atoms with van der Waals surface area (Å²) < 4.78 is 10.6. The van der Waals surface area contributed by atoms with Crippen LogP contribution in [0.1, 0.15) is 19.8 Å². The van der Waals surface area contributed by atoms with E-state index in [1.165, 1.54) is 0 Å². The lowest BCUT2D eigenvalue weighted by Crippen LogP contribution is -2.50. The Morgan fingerprint density at radius 2 is 1.96 bits per heavy atom. The van der Waals surface area contributed by atoms with Gasteiger partial charge in [-0.1, -0.05) is 0 Å². The molecule has 27 heavy (non-hydrogen) atoms. The molecule has 0 spiro atoms. The molecule has 1 unspecified atom stereocenters. The highest BCUT2D eigenvalue weighted by Crippen LogP contribution is 2.34. The molecule has 2 heterocycles. The number of anilines is 1. The van der Waals surface area contributed by atoms with Gasteiger partial charge in [0.15, 0.2) is 11.5 Å². The van der Waals surface area contributed by atoms with E-state index in [1.807, 2.05) is 18.9 Å². The van der Waals surface area contributed by atoms with Crippen LogP contribution < -0.4 is 14.8 Å². The van der Waals surface area contributed by atoms with Crippen molar-refractivity contribution in [3.63, 3.8) is 0 Å². The zero-order valence-electron chi connectivity index (χ0n) is 15.5. The molecule has 2 N–H and O–H groups in total. The highest BCUT2D eigenvalue weighted by molar-refractivity contribution is 5.94. The SMILES string of the molecule is CC(C(=O)Nc1ccc2c(c1)OCO2)N1CCC(N(C)CC(=O)O)CC1.Cl. The highest BCUT2D eigenvalue weighted by Gasteiger charge is 2.29. The van der Waals surface area contributed by atoms with Crippen molar-refractivity contribution < 1.29 is 24.2 Å². The van der Waals surface area contributed by atoms with Gasteiger partial charge in [-0.2, -0.15) is 0 Å². The van der Waals surface area contributed by atoms with E-state index in [0.29, 0.717) is 17.2 Å². The van der Waals surface area contributed by atoms with Crippen LogP contribution in [0.3, 0.4) is 0 Å². The second-order valence-electron chi connectivity index (χ2n) is 6.81. The molecule has 2 aliphatic heterocycles. The minimum Gasteiger partial charge on any atom is -0.480 e. The van der Waals surface area contributed by atoms with Crippen LogP contribution in [0, 0.1) is 0 Å². The lowest BCUT2D eigenvalue weighted by molar-refractivity contribution is -0.138. The van der Waals surface area contributed by atoms with E-state index in [4.69, 9.17) is 14.6 Å². The van der Waals surface area contributed by atoms with E-state index in [-0.39, 0.29) is 43.7 Å². The summed E-state index contributed by atoms with van der Waals surface area (Å²) in [7, 11) is 1.84. The number of likely N-dealkylation sites (N-methyl/N-ethyl adjacent to an activating group) is 1. The summed E-state index contributed by atoms with van der Waals surface area (Å²) in [5.74, 6) is 0.439. The number of carboxylic acids is 1. The maximum Gasteiger partial charge on any atom is 0.317 e. The smallest absolute Gasteiger partial charge is 0.317 e. The Bertz CT molecular complexity index is 679. The average molecular weight is 400 g/mol. The summed E-state index contributed by atoms with van der Waals surface area (Å²) in [4.78, 5) is 27.4. The number of hydrogen-bond donors (Lipinski definition) is 2. The molecule has 0 aromatic heterocycles. The van der Waals surface area contributed by atoms with Gasteiger partial charge in [-0.25, -0.2) is 0 Å². The standard InChI is InChI=1S/C18H25N3O5.ClH/c1-12(21-7-5-14(6-8-21)20(2)10-17(22)23)18(24)19-13-3-4-15-16(9-13)26-11-25-15;/h3-4,9,12,14H,5-8,10-11H2,1-2H3,(H,19,24)(H,22,23);1H. The van der Waals surface area contributed by atoms with Gasteiger partial charge in [0.25, 0.3) is 0 Å². The second-order valence-corrected chi connectivity index (χ2v) is 6.81. The number of hydrogen-bond acceptors (Lipinski definition) is 6. The van der Waals surface area contributed by atoms with Gasteiger partial charge in [-0.3, -0.25) is 19.4 Å². The number of rotatable bonds is 6. The molecule has 0 aliphatic carbocycles. The summed E-state index contributed by atoms with van der Waals surface area (Å²) in [5, 5.41) is 11.8. The van der Waals surface area contributed by atoms with E-state index < -0.39 is 5.97 Å². The van der Waals surface area contributed by atoms with Crippen LogP contribution in [-0.4, -0.2) is 72.3 Å². The number of piperidine rings is 1. The number of nitrogens with one attached hydrogen (secondary N) is 1. The fourth-order valence-corrected chi connectivity index (χ4v) is 3.44. The number of amides is 1. The number of carbonyl (C=O) groups excluding carboxylic acids is 1. The summed E-state index contributed by atoms with van der Waals surface area (Å²) in [5.41, 5.74) is 0.683. The van der Waals surface area contributed by atoms with E-state index in [9.17, 15) is 9.59 Å². The van der Waals surface area contributed by atoms with Gasteiger partial charge >= 0.3 is 5.97 Å². The van der Waals surface area contributed by atoms with E-state index in [0.717, 1.165) is 25.9 Å². The molecule has 1 amide bonds. The van der Waals surface area contributed by atoms with Gasteiger partial charge in [0.05, 0.1) is 12.6 Å². The Morgan fingerprint density at radius 1 is 1.30 bits per heavy atom. The Balaban J connectivity index is 0.00000261. The number of likely N-dealkylation sites (tertiary alicyclic amines) is 1. The van der Waals surface area contributed by atoms with Crippen molar-refractivity contribution in [1.82, 2.24) is 9.80 Å². The largest absolute Gasteiger partial charge is 0.480 e. The second kappa shape index (κ2) is 9.25. The van der Waals surface area contributed by atoms with Gasteiger partial charge in [0, 0.05) is 30.9 Å². The number of nitrogens with zero attached hydrogens (tertiary/aromatic N) is 2. The van der Waals surface area contributed by atoms with Crippen LogP contribution in [0.25, 0.3) is 0 Å². The molecule has 2 aliphatic rings. The Morgan fingerprint density at radius 3 is 2.63 bits per heavy atom. The van der Waals surface area contributed by atoms with Crippen molar-refractivity contribution in [3.05, 3.63) is 18.2 Å². The van der Waals surface area contributed by atoms with Gasteiger partial charge in [-0.05, 0) is 38.9 Å². The number of halogens is 1. The molecule has 1 saturated heterocycles. The molecule has 0 radical (unpaired) electrons. The molecule has 0 bridgehead atoms. The van der Waals surface area contributed by atoms with E-state index >= 15 is 0 Å². The molecule has 1 aromatic rings. The first kappa shape index (κ1) is 21.3. The van der Waals surface area contributed by atoms with Crippen LogP contribution in [0.5, 0.6) is 11.5 Å². The molecular weight excluding hydrogens is 374 g/mol. The Kier molecular flexibility index (Phi) is 7.29. The number of fused-ring (bicyclic) bond motifs is 1. The number of benzene rings is 1. The predicted molar refractivity (Wildman–Crippen MR) is 103 cm³/mol. The third kappa shape index (κ3) is 5.24. The highest BCUT2D eigenvalue weighted by atomic mass is 35.5. The fourth-order valence-electron chi connectivity index (χ4n) is 3.44. The van der Waals surface area contributed by atoms with Crippen molar-refractivity contribution in [3.8, 4) is 11.5 Å². The van der Waals surface area contributed by atoms with Crippen LogP contribution in [0.2, 0.25) is 0 Å². The molecule has 0 saturated carbocycles. The number of carboxylic acid groups (broad SMARTS) is 1. The lowest BCUT2D eigenvalue weighted by Gasteiger charge is -2.38. The summed E-state index contributed by atoms with van der Waals surface area (Å²) >= 11 is 0. The first-order chi connectivity index (χ1) is 12.4. The van der Waals surface area contributed by atoms with Gasteiger partial charge < -0.3 is 19.9 Å². The van der Waals surface area contributed by atoms with E-state index in [2.05, 4.69) is 10.2 Å². The van der Waals surface area contributed by atoms with Gasteiger partial charge in [0.1, 0.15) is 0 Å². The van der Waals surface area contributed by atoms with Crippen molar-refractivity contribution >= 4 is 30.0 Å². The quantitative estimate of drug-likeness (QED) is 0.751. The molecular formula is C18H26ClN3O5. The van der Waals surface area contributed by atoms with Gasteiger partial charge in [-0.15, -0.1) is 12.4 Å².